The second-order valence-corrected chi connectivity index (χ2v) is 5.10. The van der Waals surface area contributed by atoms with Gasteiger partial charge in [-0.25, -0.2) is 4.39 Å². The SMILES string of the molecule is CO[C+]1[C@@H]2CC3C[C@H]1CC(F)(C3)C2. The third-order valence-corrected chi connectivity index (χ3v) is 4.16. The van der Waals surface area contributed by atoms with Gasteiger partial charge in [-0.05, 0) is 25.2 Å². The zero-order chi connectivity index (χ0) is 9.05. The molecule has 72 valence electrons. The van der Waals surface area contributed by atoms with Crippen LogP contribution in [-0.2, 0) is 4.74 Å². The summed E-state index contributed by atoms with van der Waals surface area (Å²) in [6, 6.07) is 0. The molecule has 0 saturated heterocycles. The molecule has 0 heterocycles. The Hall–Kier alpha value is -0.240. The smallest absolute Gasteiger partial charge is 0.243 e. The van der Waals surface area contributed by atoms with Crippen molar-refractivity contribution in [1.82, 2.24) is 0 Å². The molecular weight excluding hydrogens is 167 g/mol. The second-order valence-electron chi connectivity index (χ2n) is 5.10. The number of alkyl halides is 1. The molecule has 4 atom stereocenters. The van der Waals surface area contributed by atoms with E-state index in [9.17, 15) is 4.39 Å². The minimum absolute atomic E-state index is 0.446. The van der Waals surface area contributed by atoms with Crippen LogP contribution in [-0.4, -0.2) is 12.8 Å². The lowest BCUT2D eigenvalue weighted by atomic mass is 9.53. The molecule has 4 bridgehead atoms. The van der Waals surface area contributed by atoms with Crippen molar-refractivity contribution < 1.29 is 9.13 Å². The highest BCUT2D eigenvalue weighted by atomic mass is 19.1. The molecule has 2 unspecified atom stereocenters. The summed E-state index contributed by atoms with van der Waals surface area (Å²) >= 11 is 0. The number of halogens is 1. The van der Waals surface area contributed by atoms with Crippen molar-refractivity contribution in [3.05, 3.63) is 6.10 Å². The average Bonchev–Trinajstić information content (AvgIpc) is 2.00. The fourth-order valence-corrected chi connectivity index (χ4v) is 3.98. The van der Waals surface area contributed by atoms with E-state index in [1.54, 1.807) is 7.11 Å². The van der Waals surface area contributed by atoms with Gasteiger partial charge in [0.05, 0.1) is 7.11 Å². The molecule has 2 heteroatoms. The van der Waals surface area contributed by atoms with E-state index in [-0.39, 0.29) is 0 Å². The van der Waals surface area contributed by atoms with Gasteiger partial charge < -0.3 is 0 Å². The molecule has 0 aromatic rings. The molecule has 4 aliphatic carbocycles. The van der Waals surface area contributed by atoms with Crippen LogP contribution >= 0.6 is 0 Å². The molecule has 0 amide bonds. The molecule has 4 fully saturated rings. The molecule has 4 aliphatic rings. The van der Waals surface area contributed by atoms with Crippen molar-refractivity contribution in [1.29, 1.82) is 0 Å². The summed E-state index contributed by atoms with van der Waals surface area (Å²) in [4.78, 5) is 0. The highest BCUT2D eigenvalue weighted by molar-refractivity contribution is 5.13. The van der Waals surface area contributed by atoms with Crippen LogP contribution in [0.25, 0.3) is 0 Å². The summed E-state index contributed by atoms with van der Waals surface area (Å²) in [6.45, 7) is 0. The van der Waals surface area contributed by atoms with Gasteiger partial charge in [-0.15, -0.1) is 0 Å². The number of hydrogen-bond acceptors (Lipinski definition) is 1. The molecule has 0 spiro atoms. The van der Waals surface area contributed by atoms with Gasteiger partial charge in [-0.1, -0.05) is 0 Å². The number of rotatable bonds is 1. The van der Waals surface area contributed by atoms with Gasteiger partial charge in [0.15, 0.2) is 0 Å². The maximum Gasteiger partial charge on any atom is 0.247 e. The van der Waals surface area contributed by atoms with Gasteiger partial charge in [0.2, 0.25) is 6.10 Å². The molecule has 4 saturated carbocycles. The van der Waals surface area contributed by atoms with Crippen molar-refractivity contribution >= 4 is 0 Å². The summed E-state index contributed by atoms with van der Waals surface area (Å²) < 4.78 is 19.5. The van der Waals surface area contributed by atoms with Gasteiger partial charge in [-0.2, -0.15) is 4.74 Å². The third kappa shape index (κ3) is 1.04. The highest BCUT2D eigenvalue weighted by Gasteiger charge is 2.63. The molecular formula is C11H16FO+. The Morgan fingerprint density at radius 3 is 2.31 bits per heavy atom. The Kier molecular flexibility index (Phi) is 1.50. The molecule has 0 N–H and O–H groups in total. The van der Waals surface area contributed by atoms with Crippen LogP contribution in [0.4, 0.5) is 4.39 Å². The van der Waals surface area contributed by atoms with Crippen LogP contribution in [0.2, 0.25) is 0 Å². The standard InChI is InChI=1S/C11H16FO/c1-13-10-8-2-7-3-9(10)6-11(12,4-7)5-8/h7-9H,2-6H2,1H3/q+1/t7?,8-,9+,11?. The molecule has 13 heavy (non-hydrogen) atoms. The van der Waals surface area contributed by atoms with E-state index in [2.05, 4.69) is 0 Å². The summed E-state index contributed by atoms with van der Waals surface area (Å²) in [5.74, 6) is 1.55. The lowest BCUT2D eigenvalue weighted by Gasteiger charge is -2.49. The summed E-state index contributed by atoms with van der Waals surface area (Å²) in [6.07, 6.45) is 5.89. The normalized spacial score (nSPS) is 53.1. The maximum atomic E-state index is 14.1. The third-order valence-electron chi connectivity index (χ3n) is 4.16. The Morgan fingerprint density at radius 2 is 1.85 bits per heavy atom. The van der Waals surface area contributed by atoms with Crippen LogP contribution in [0.1, 0.15) is 32.1 Å². The Morgan fingerprint density at radius 1 is 1.23 bits per heavy atom. The number of methoxy groups -OCH3 is 1. The molecule has 0 aliphatic heterocycles. The van der Waals surface area contributed by atoms with E-state index in [4.69, 9.17) is 4.74 Å². The van der Waals surface area contributed by atoms with E-state index < -0.39 is 5.67 Å². The van der Waals surface area contributed by atoms with Crippen molar-refractivity contribution in [2.75, 3.05) is 7.11 Å². The first kappa shape index (κ1) is 8.10. The lowest BCUT2D eigenvalue weighted by molar-refractivity contribution is -0.104. The topological polar surface area (TPSA) is 9.23 Å². The fraction of sp³-hybridized carbons (Fsp3) is 0.909. The van der Waals surface area contributed by atoms with E-state index in [1.807, 2.05) is 0 Å². The summed E-state index contributed by atoms with van der Waals surface area (Å²) in [7, 11) is 1.75. The van der Waals surface area contributed by atoms with E-state index >= 15 is 0 Å². The zero-order valence-electron chi connectivity index (χ0n) is 8.05. The summed E-state index contributed by atoms with van der Waals surface area (Å²) in [5, 5.41) is 0. The Balaban J connectivity index is 1.90. The molecule has 0 aromatic heterocycles. The van der Waals surface area contributed by atoms with Crippen LogP contribution in [0.5, 0.6) is 0 Å². The second kappa shape index (κ2) is 2.41. The van der Waals surface area contributed by atoms with E-state index in [1.165, 1.54) is 18.9 Å². The highest BCUT2D eigenvalue weighted by Crippen LogP contribution is 2.60. The van der Waals surface area contributed by atoms with Gasteiger partial charge in [-0.3, -0.25) is 0 Å². The van der Waals surface area contributed by atoms with Gasteiger partial charge in [0.25, 0.3) is 0 Å². The first-order valence-electron chi connectivity index (χ1n) is 5.30. The van der Waals surface area contributed by atoms with Crippen molar-refractivity contribution in [3.8, 4) is 0 Å². The number of hydrogen-bond donors (Lipinski definition) is 0. The first-order chi connectivity index (χ1) is 6.20. The summed E-state index contributed by atoms with van der Waals surface area (Å²) in [5.41, 5.74) is -0.821. The predicted molar refractivity (Wildman–Crippen MR) is 47.6 cm³/mol. The molecule has 0 aromatic carbocycles. The van der Waals surface area contributed by atoms with E-state index in [0.29, 0.717) is 17.8 Å². The molecule has 0 radical (unpaired) electrons. The monoisotopic (exact) mass is 183 g/mol. The van der Waals surface area contributed by atoms with Crippen molar-refractivity contribution in [2.45, 2.75) is 37.8 Å². The first-order valence-corrected chi connectivity index (χ1v) is 5.30. The fourth-order valence-electron chi connectivity index (χ4n) is 3.98. The van der Waals surface area contributed by atoms with Crippen LogP contribution in [0, 0.1) is 23.9 Å². The van der Waals surface area contributed by atoms with Crippen LogP contribution < -0.4 is 0 Å². The largest absolute Gasteiger partial charge is 0.247 e. The van der Waals surface area contributed by atoms with Crippen molar-refractivity contribution in [2.24, 2.45) is 17.8 Å². The van der Waals surface area contributed by atoms with Crippen LogP contribution in [0.3, 0.4) is 0 Å². The van der Waals surface area contributed by atoms with Gasteiger partial charge >= 0.3 is 0 Å². The molecule has 1 nitrogen and oxygen atoms in total. The predicted octanol–water partition coefficient (Wildman–Crippen LogP) is 2.71. The minimum Gasteiger partial charge on any atom is -0.243 e. The molecule has 4 rings (SSSR count). The number of ether oxygens (including phenoxy) is 1. The maximum absolute atomic E-state index is 14.1. The van der Waals surface area contributed by atoms with E-state index in [0.717, 1.165) is 19.3 Å². The van der Waals surface area contributed by atoms with Crippen molar-refractivity contribution in [3.63, 3.8) is 0 Å². The van der Waals surface area contributed by atoms with Gasteiger partial charge in [0, 0.05) is 12.8 Å². The average molecular weight is 183 g/mol. The van der Waals surface area contributed by atoms with Gasteiger partial charge in [0.1, 0.15) is 17.5 Å². The quantitative estimate of drug-likeness (QED) is 0.568. The lowest BCUT2D eigenvalue weighted by Crippen LogP contribution is -2.52. The Labute approximate surface area is 78.7 Å². The zero-order valence-corrected chi connectivity index (χ0v) is 8.05. The Bertz CT molecular complexity index is 212. The minimum atomic E-state index is -0.821. The van der Waals surface area contributed by atoms with Crippen LogP contribution in [0.15, 0.2) is 0 Å².